The Morgan fingerprint density at radius 3 is 2.56 bits per heavy atom. The van der Waals surface area contributed by atoms with Gasteiger partial charge >= 0.3 is 0 Å². The average Bonchev–Trinajstić information content (AvgIpc) is 3.23. The predicted molar refractivity (Wildman–Crippen MR) is 103 cm³/mol. The number of fused-ring (bicyclic) bond motifs is 1. The molecule has 2 aliphatic rings. The van der Waals surface area contributed by atoms with Crippen molar-refractivity contribution in [2.75, 3.05) is 22.8 Å². The molecule has 138 valence electrons. The summed E-state index contributed by atoms with van der Waals surface area (Å²) < 4.78 is 5.44. The number of hydrogen-bond donors (Lipinski definition) is 0. The van der Waals surface area contributed by atoms with Gasteiger partial charge in [0.25, 0.3) is 11.8 Å². The lowest BCUT2D eigenvalue weighted by Gasteiger charge is -2.21. The molecule has 2 unspecified atom stereocenters. The molecule has 1 saturated heterocycles. The van der Waals surface area contributed by atoms with Crippen molar-refractivity contribution >= 4 is 35.0 Å². The van der Waals surface area contributed by atoms with Gasteiger partial charge in [0, 0.05) is 4.90 Å². The third-order valence-corrected chi connectivity index (χ3v) is 5.23. The highest BCUT2D eigenvalue weighted by molar-refractivity contribution is 7.98. The molecule has 7 nitrogen and oxygen atoms in total. The van der Waals surface area contributed by atoms with Gasteiger partial charge in [-0.1, -0.05) is 11.3 Å². The van der Waals surface area contributed by atoms with E-state index >= 15 is 0 Å². The van der Waals surface area contributed by atoms with Crippen LogP contribution in [0.4, 0.5) is 11.4 Å². The summed E-state index contributed by atoms with van der Waals surface area (Å²) >= 11 is 1.55. The van der Waals surface area contributed by atoms with E-state index in [-0.39, 0.29) is 11.8 Å². The number of imide groups is 1. The van der Waals surface area contributed by atoms with Crippen LogP contribution in [0, 0.1) is 0 Å². The van der Waals surface area contributed by atoms with Gasteiger partial charge in [0.05, 0.1) is 18.0 Å². The van der Waals surface area contributed by atoms with E-state index in [1.807, 2.05) is 43.5 Å². The van der Waals surface area contributed by atoms with Crippen LogP contribution in [0.15, 0.2) is 63.8 Å². The van der Waals surface area contributed by atoms with Crippen molar-refractivity contribution < 1.29 is 14.3 Å². The van der Waals surface area contributed by atoms with Crippen LogP contribution in [0.3, 0.4) is 0 Å². The maximum atomic E-state index is 13.1. The Morgan fingerprint density at radius 2 is 1.85 bits per heavy atom. The summed E-state index contributed by atoms with van der Waals surface area (Å²) in [6, 6.07) is 13.0. The Bertz CT molecular complexity index is 915. The second kappa shape index (κ2) is 7.03. The fourth-order valence-corrected chi connectivity index (χ4v) is 3.69. The van der Waals surface area contributed by atoms with E-state index in [0.717, 1.165) is 10.6 Å². The van der Waals surface area contributed by atoms with Crippen LogP contribution in [-0.2, 0) is 9.59 Å². The fourth-order valence-electron chi connectivity index (χ4n) is 3.24. The minimum atomic E-state index is -0.818. The molecule has 2 aliphatic heterocycles. The van der Waals surface area contributed by atoms with Crippen molar-refractivity contribution in [1.82, 2.24) is 0 Å². The molecular weight excluding hydrogens is 364 g/mol. The van der Waals surface area contributed by atoms with E-state index < -0.39 is 12.1 Å². The maximum Gasteiger partial charge on any atom is 0.263 e. The van der Waals surface area contributed by atoms with Crippen molar-refractivity contribution in [1.29, 1.82) is 0 Å². The maximum absolute atomic E-state index is 13.1. The SMILES string of the molecule is CCOc1ccc(N2N=NC3C(=O)N(c4cccc(SC)c4)C(=O)C32)cc1. The molecule has 0 aliphatic carbocycles. The number of nitrogens with zero attached hydrogens (tertiary/aromatic N) is 4. The third-order valence-electron chi connectivity index (χ3n) is 4.51. The first-order valence-electron chi connectivity index (χ1n) is 8.58. The van der Waals surface area contributed by atoms with Crippen molar-refractivity contribution in [2.45, 2.75) is 23.9 Å². The fraction of sp³-hybridized carbons (Fsp3) is 0.263. The number of rotatable bonds is 5. The Kier molecular flexibility index (Phi) is 4.57. The summed E-state index contributed by atoms with van der Waals surface area (Å²) in [5.74, 6) is 0.0702. The lowest BCUT2D eigenvalue weighted by molar-refractivity contribution is -0.121. The number of carbonyl (C=O) groups is 2. The highest BCUT2D eigenvalue weighted by Crippen LogP contribution is 2.36. The second-order valence-corrected chi connectivity index (χ2v) is 6.96. The van der Waals surface area contributed by atoms with Crippen LogP contribution in [0.2, 0.25) is 0 Å². The van der Waals surface area contributed by atoms with Gasteiger partial charge < -0.3 is 4.74 Å². The zero-order chi connectivity index (χ0) is 19.0. The Balaban J connectivity index is 1.63. The van der Waals surface area contributed by atoms with Gasteiger partial charge in [-0.15, -0.1) is 11.8 Å². The van der Waals surface area contributed by atoms with Crippen LogP contribution < -0.4 is 14.6 Å². The lowest BCUT2D eigenvalue weighted by Crippen LogP contribution is -2.39. The van der Waals surface area contributed by atoms with Gasteiger partial charge in [-0.2, -0.15) is 5.11 Å². The molecule has 0 radical (unpaired) electrons. The molecular formula is C19H18N4O3S. The van der Waals surface area contributed by atoms with Crippen LogP contribution in [0.25, 0.3) is 0 Å². The molecule has 8 heteroatoms. The van der Waals surface area contributed by atoms with Gasteiger partial charge in [-0.3, -0.25) is 9.59 Å². The normalized spacial score (nSPS) is 21.1. The van der Waals surface area contributed by atoms with Gasteiger partial charge in [0.15, 0.2) is 12.1 Å². The van der Waals surface area contributed by atoms with Crippen LogP contribution >= 0.6 is 11.8 Å². The average molecular weight is 382 g/mol. The first-order valence-corrected chi connectivity index (χ1v) is 9.81. The molecule has 1 fully saturated rings. The number of ether oxygens (including phenoxy) is 1. The molecule has 4 rings (SSSR count). The van der Waals surface area contributed by atoms with Crippen molar-refractivity contribution in [2.24, 2.45) is 10.3 Å². The van der Waals surface area contributed by atoms with E-state index in [1.54, 1.807) is 30.0 Å². The Labute approximate surface area is 161 Å². The van der Waals surface area contributed by atoms with E-state index in [9.17, 15) is 9.59 Å². The van der Waals surface area contributed by atoms with Crippen LogP contribution in [-0.4, -0.2) is 36.8 Å². The molecule has 2 aromatic carbocycles. The third kappa shape index (κ3) is 2.95. The van der Waals surface area contributed by atoms with Gasteiger partial charge in [-0.25, -0.2) is 9.91 Å². The molecule has 2 aromatic rings. The monoisotopic (exact) mass is 382 g/mol. The zero-order valence-electron chi connectivity index (χ0n) is 14.9. The molecule has 0 saturated carbocycles. The minimum absolute atomic E-state index is 0.317. The van der Waals surface area contributed by atoms with Crippen molar-refractivity contribution in [3.8, 4) is 5.75 Å². The number of amides is 2. The standard InChI is InChI=1S/C19H18N4O3S/c1-3-26-14-9-7-12(8-10-14)23-17-16(20-21-23)18(24)22(19(17)25)13-5-4-6-15(11-13)27-2/h4-11,16-17H,3H2,1-2H3. The number of thioether (sulfide) groups is 1. The largest absolute Gasteiger partial charge is 0.494 e. The molecule has 2 heterocycles. The van der Waals surface area contributed by atoms with Crippen molar-refractivity contribution in [3.05, 3.63) is 48.5 Å². The number of anilines is 2. The second-order valence-electron chi connectivity index (χ2n) is 6.08. The summed E-state index contributed by atoms with van der Waals surface area (Å²) in [7, 11) is 0. The van der Waals surface area contributed by atoms with E-state index in [2.05, 4.69) is 10.3 Å². The van der Waals surface area contributed by atoms with Gasteiger partial charge in [0.2, 0.25) is 0 Å². The summed E-state index contributed by atoms with van der Waals surface area (Å²) in [5.41, 5.74) is 1.25. The summed E-state index contributed by atoms with van der Waals surface area (Å²) in [4.78, 5) is 28.1. The lowest BCUT2D eigenvalue weighted by atomic mass is 10.1. The van der Waals surface area contributed by atoms with E-state index in [4.69, 9.17) is 4.74 Å². The highest BCUT2D eigenvalue weighted by atomic mass is 32.2. The Hall–Kier alpha value is -2.87. The number of hydrogen-bond acceptors (Lipinski definition) is 7. The molecule has 0 aromatic heterocycles. The number of benzene rings is 2. The van der Waals surface area contributed by atoms with Crippen molar-refractivity contribution in [3.63, 3.8) is 0 Å². The molecule has 27 heavy (non-hydrogen) atoms. The highest BCUT2D eigenvalue weighted by Gasteiger charge is 2.55. The molecule has 0 spiro atoms. The van der Waals surface area contributed by atoms with Crippen LogP contribution in [0.1, 0.15) is 6.92 Å². The predicted octanol–water partition coefficient (Wildman–Crippen LogP) is 3.31. The molecule has 2 amide bonds. The summed E-state index contributed by atoms with van der Waals surface area (Å²) in [5, 5.41) is 9.65. The first kappa shape index (κ1) is 17.5. The topological polar surface area (TPSA) is 74.6 Å². The molecule has 0 N–H and O–H groups in total. The molecule has 2 atom stereocenters. The number of carbonyl (C=O) groups excluding carboxylic acids is 2. The molecule has 0 bridgehead atoms. The quantitative estimate of drug-likeness (QED) is 0.586. The zero-order valence-corrected chi connectivity index (χ0v) is 15.7. The minimum Gasteiger partial charge on any atom is -0.494 e. The van der Waals surface area contributed by atoms with Gasteiger partial charge in [-0.05, 0) is 55.6 Å². The van der Waals surface area contributed by atoms with Crippen LogP contribution in [0.5, 0.6) is 5.75 Å². The van der Waals surface area contributed by atoms with E-state index in [0.29, 0.717) is 18.0 Å². The summed E-state index contributed by atoms with van der Waals surface area (Å²) in [6.45, 7) is 2.49. The van der Waals surface area contributed by atoms with Gasteiger partial charge in [0.1, 0.15) is 5.75 Å². The smallest absolute Gasteiger partial charge is 0.263 e. The Morgan fingerprint density at radius 1 is 1.07 bits per heavy atom. The van der Waals surface area contributed by atoms with E-state index in [1.165, 1.54) is 9.91 Å². The summed E-state index contributed by atoms with van der Waals surface area (Å²) in [6.07, 6.45) is 1.95. The first-order chi connectivity index (χ1) is 13.1.